The van der Waals surface area contributed by atoms with Crippen molar-refractivity contribution in [2.24, 2.45) is 5.92 Å². The molecule has 0 radical (unpaired) electrons. The second kappa shape index (κ2) is 8.39. The number of halogens is 3. The average Bonchev–Trinajstić information content (AvgIpc) is 3.15. The lowest BCUT2D eigenvalue weighted by Gasteiger charge is -2.15. The molecule has 1 saturated heterocycles. The van der Waals surface area contributed by atoms with Gasteiger partial charge >= 0.3 is 0 Å². The maximum absolute atomic E-state index is 12.1. The number of nitrogens with zero attached hydrogens (tertiary/aromatic N) is 1. The topological polar surface area (TPSA) is 58.4 Å². The molecule has 22 heavy (non-hydrogen) atoms. The predicted octanol–water partition coefficient (Wildman–Crippen LogP) is 3.09. The molecule has 7 heteroatoms. The second-order valence-electron chi connectivity index (χ2n) is 5.82. The maximum atomic E-state index is 12.1. The van der Waals surface area contributed by atoms with Crippen molar-refractivity contribution in [3.63, 3.8) is 0 Å². The normalized spacial score (nSPS) is 20.9. The second-order valence-corrected chi connectivity index (χ2v) is 6.74. The lowest BCUT2D eigenvalue weighted by Crippen LogP contribution is -2.31. The van der Waals surface area contributed by atoms with Crippen LogP contribution < -0.4 is 11.1 Å². The Morgan fingerprint density at radius 3 is 2.68 bits per heavy atom. The van der Waals surface area contributed by atoms with E-state index >= 15 is 0 Å². The first-order valence-corrected chi connectivity index (χ1v) is 8.00. The Morgan fingerprint density at radius 2 is 2.05 bits per heavy atom. The number of benzene rings is 1. The van der Waals surface area contributed by atoms with Gasteiger partial charge < -0.3 is 16.0 Å². The molecule has 1 atom stereocenters. The summed E-state index contributed by atoms with van der Waals surface area (Å²) in [6.45, 7) is 3.06. The van der Waals surface area contributed by atoms with Crippen LogP contribution in [-0.4, -0.2) is 36.5 Å². The molecule has 0 spiro atoms. The highest BCUT2D eigenvalue weighted by atomic mass is 79.9. The first kappa shape index (κ1) is 19.6. The van der Waals surface area contributed by atoms with Gasteiger partial charge in [0, 0.05) is 29.3 Å². The minimum atomic E-state index is -0.0696. The molecule has 1 aliphatic carbocycles. The van der Waals surface area contributed by atoms with E-state index in [4.69, 9.17) is 5.73 Å². The van der Waals surface area contributed by atoms with Gasteiger partial charge in [-0.3, -0.25) is 4.79 Å². The third kappa shape index (κ3) is 4.75. The van der Waals surface area contributed by atoms with Crippen LogP contribution in [-0.2, 0) is 0 Å². The highest BCUT2D eigenvalue weighted by Gasteiger charge is 2.34. The number of nitrogen functional groups attached to an aromatic ring is 1. The van der Waals surface area contributed by atoms with E-state index in [9.17, 15) is 4.79 Å². The third-order valence-corrected chi connectivity index (χ3v) is 4.68. The summed E-state index contributed by atoms with van der Waals surface area (Å²) in [6, 6.07) is 6.20. The largest absolute Gasteiger partial charge is 0.398 e. The van der Waals surface area contributed by atoms with E-state index in [1.54, 1.807) is 12.1 Å². The number of nitrogens with two attached hydrogens (primary N) is 1. The number of hydrogen-bond donors (Lipinski definition) is 2. The maximum Gasteiger partial charge on any atom is 0.253 e. The van der Waals surface area contributed by atoms with Crippen LogP contribution in [0.25, 0.3) is 0 Å². The van der Waals surface area contributed by atoms with Gasteiger partial charge in [-0.2, -0.15) is 0 Å². The van der Waals surface area contributed by atoms with Gasteiger partial charge in [0.25, 0.3) is 5.91 Å². The summed E-state index contributed by atoms with van der Waals surface area (Å²) in [5, 5.41) is 3.02. The van der Waals surface area contributed by atoms with Crippen molar-refractivity contribution in [2.75, 3.05) is 25.4 Å². The fourth-order valence-electron chi connectivity index (χ4n) is 2.87. The number of likely N-dealkylation sites (tertiary alicyclic amines) is 1. The summed E-state index contributed by atoms with van der Waals surface area (Å²) >= 11 is 3.35. The molecule has 1 unspecified atom stereocenters. The molecule has 1 amide bonds. The van der Waals surface area contributed by atoms with Crippen LogP contribution in [0.15, 0.2) is 22.7 Å². The van der Waals surface area contributed by atoms with Crippen LogP contribution in [0.5, 0.6) is 0 Å². The minimum absolute atomic E-state index is 0. The predicted molar refractivity (Wildman–Crippen MR) is 98.1 cm³/mol. The minimum Gasteiger partial charge on any atom is -0.398 e. The molecule has 1 saturated carbocycles. The first-order chi connectivity index (χ1) is 9.63. The van der Waals surface area contributed by atoms with E-state index in [1.807, 2.05) is 6.07 Å². The molecule has 1 aliphatic heterocycles. The molecule has 1 aromatic rings. The fourth-order valence-corrected chi connectivity index (χ4v) is 3.25. The summed E-state index contributed by atoms with van der Waals surface area (Å²) in [5.74, 6) is 0.510. The van der Waals surface area contributed by atoms with Gasteiger partial charge in [-0.15, -0.1) is 24.8 Å². The molecular formula is C15H22BrCl2N3O. The SMILES string of the molecule is Cl.Cl.Nc1cc(Br)ccc1C(=O)NCC1CCN(C2CC2)C1. The monoisotopic (exact) mass is 409 g/mol. The Balaban J connectivity index is 0.00000121. The van der Waals surface area contributed by atoms with E-state index in [-0.39, 0.29) is 30.7 Å². The molecule has 124 valence electrons. The highest BCUT2D eigenvalue weighted by Crippen LogP contribution is 2.31. The molecule has 0 aromatic heterocycles. The molecule has 3 rings (SSSR count). The van der Waals surface area contributed by atoms with Crippen molar-refractivity contribution in [1.82, 2.24) is 10.2 Å². The van der Waals surface area contributed by atoms with Gasteiger partial charge in [0.1, 0.15) is 0 Å². The van der Waals surface area contributed by atoms with Gasteiger partial charge in [0.15, 0.2) is 0 Å². The van der Waals surface area contributed by atoms with E-state index in [0.29, 0.717) is 17.2 Å². The third-order valence-electron chi connectivity index (χ3n) is 4.19. The summed E-state index contributed by atoms with van der Waals surface area (Å²) in [6.07, 6.45) is 3.90. The summed E-state index contributed by atoms with van der Waals surface area (Å²) in [7, 11) is 0. The number of carbonyl (C=O) groups excluding carboxylic acids is 1. The van der Waals surface area contributed by atoms with Gasteiger partial charge in [-0.25, -0.2) is 0 Å². The molecule has 3 N–H and O–H groups in total. The summed E-state index contributed by atoms with van der Waals surface area (Å²) in [5.41, 5.74) is 6.95. The number of carbonyl (C=O) groups is 1. The Morgan fingerprint density at radius 1 is 1.32 bits per heavy atom. The Labute approximate surface area is 152 Å². The molecule has 1 aromatic carbocycles. The molecule has 0 bridgehead atoms. The number of anilines is 1. The zero-order valence-corrected chi connectivity index (χ0v) is 15.5. The van der Waals surface area contributed by atoms with Crippen LogP contribution in [0.2, 0.25) is 0 Å². The highest BCUT2D eigenvalue weighted by molar-refractivity contribution is 9.10. The zero-order chi connectivity index (χ0) is 14.1. The number of rotatable bonds is 4. The summed E-state index contributed by atoms with van der Waals surface area (Å²) in [4.78, 5) is 14.7. The van der Waals surface area contributed by atoms with Crippen molar-refractivity contribution >= 4 is 52.3 Å². The summed E-state index contributed by atoms with van der Waals surface area (Å²) < 4.78 is 0.891. The van der Waals surface area contributed by atoms with Gasteiger partial charge in [-0.1, -0.05) is 15.9 Å². The van der Waals surface area contributed by atoms with Crippen molar-refractivity contribution < 1.29 is 4.79 Å². The Hall–Kier alpha value is -0.490. The van der Waals surface area contributed by atoms with Crippen LogP contribution in [0.4, 0.5) is 5.69 Å². The lowest BCUT2D eigenvalue weighted by atomic mass is 10.1. The van der Waals surface area contributed by atoms with Crippen molar-refractivity contribution in [3.8, 4) is 0 Å². The van der Waals surface area contributed by atoms with Gasteiger partial charge in [-0.05, 0) is 49.9 Å². The van der Waals surface area contributed by atoms with Crippen LogP contribution in [0.1, 0.15) is 29.6 Å². The van der Waals surface area contributed by atoms with E-state index in [2.05, 4.69) is 26.1 Å². The van der Waals surface area contributed by atoms with Crippen LogP contribution >= 0.6 is 40.7 Å². The van der Waals surface area contributed by atoms with Gasteiger partial charge in [0.05, 0.1) is 5.56 Å². The van der Waals surface area contributed by atoms with Crippen molar-refractivity contribution in [3.05, 3.63) is 28.2 Å². The zero-order valence-electron chi connectivity index (χ0n) is 12.3. The Bertz CT molecular complexity index is 526. The molecule has 2 fully saturated rings. The number of nitrogens with one attached hydrogen (secondary N) is 1. The molecule has 1 heterocycles. The van der Waals surface area contributed by atoms with Crippen molar-refractivity contribution in [2.45, 2.75) is 25.3 Å². The average molecular weight is 411 g/mol. The van der Waals surface area contributed by atoms with E-state index in [1.165, 1.54) is 25.8 Å². The smallest absolute Gasteiger partial charge is 0.253 e. The first-order valence-electron chi connectivity index (χ1n) is 7.21. The Kier molecular flexibility index (Phi) is 7.46. The van der Waals surface area contributed by atoms with Crippen LogP contribution in [0.3, 0.4) is 0 Å². The number of amides is 1. The number of hydrogen-bond acceptors (Lipinski definition) is 3. The standard InChI is InChI=1S/C15H20BrN3O.2ClH/c16-11-1-4-13(14(17)7-11)15(20)18-8-10-5-6-19(9-10)12-2-3-12;;/h1,4,7,10,12H,2-3,5-6,8-9,17H2,(H,18,20);2*1H. The van der Waals surface area contributed by atoms with Crippen molar-refractivity contribution in [1.29, 1.82) is 0 Å². The van der Waals surface area contributed by atoms with E-state index < -0.39 is 0 Å². The molecule has 4 nitrogen and oxygen atoms in total. The fraction of sp³-hybridized carbons (Fsp3) is 0.533. The molecule has 2 aliphatic rings. The molecular weight excluding hydrogens is 389 g/mol. The quantitative estimate of drug-likeness (QED) is 0.749. The van der Waals surface area contributed by atoms with E-state index in [0.717, 1.165) is 23.6 Å². The van der Waals surface area contributed by atoms with Gasteiger partial charge in [0.2, 0.25) is 0 Å². The lowest BCUT2D eigenvalue weighted by molar-refractivity contribution is 0.0948. The van der Waals surface area contributed by atoms with Crippen LogP contribution in [0, 0.1) is 5.92 Å².